The minimum Gasteiger partial charge on any atom is -0.456 e. The van der Waals surface area contributed by atoms with Gasteiger partial charge in [-0.3, -0.25) is 0 Å². The Balaban J connectivity index is 0.955. The van der Waals surface area contributed by atoms with Crippen LogP contribution in [0.15, 0.2) is 206 Å². The van der Waals surface area contributed by atoms with Crippen LogP contribution in [-0.4, -0.2) is 9.97 Å². The van der Waals surface area contributed by atoms with Crippen LogP contribution in [0.2, 0.25) is 0 Å². The van der Waals surface area contributed by atoms with E-state index in [1.54, 1.807) is 0 Å². The highest BCUT2D eigenvalue weighted by molar-refractivity contribution is 6.13. The summed E-state index contributed by atoms with van der Waals surface area (Å²) in [5.41, 5.74) is 14.1. The number of rotatable bonds is 6. The number of hydrogen-bond acceptors (Lipinski definition) is 3. The second-order valence-electron chi connectivity index (χ2n) is 14.5. The molecular weight excluding hydrogens is 693 g/mol. The van der Waals surface area contributed by atoms with E-state index in [0.717, 1.165) is 61.7 Å². The van der Waals surface area contributed by atoms with Crippen LogP contribution in [0.4, 0.5) is 0 Å². The van der Waals surface area contributed by atoms with Crippen molar-refractivity contribution in [3.8, 4) is 89.9 Å². The molecule has 0 fully saturated rings. The minimum absolute atomic E-state index is 0.701. The number of hydrogen-bond donors (Lipinski definition) is 0. The maximum atomic E-state index is 6.61. The zero-order valence-electron chi connectivity index (χ0n) is 30.9. The van der Waals surface area contributed by atoms with E-state index in [4.69, 9.17) is 14.7 Å². The molecule has 11 rings (SSSR count). The topological polar surface area (TPSA) is 35.0 Å². The quantitative estimate of drug-likeness (QED) is 0.171. The molecule has 57 heavy (non-hydrogen) atoms. The second kappa shape index (κ2) is 13.6. The Kier molecular flexibility index (Phi) is 7.82. The highest BCUT2D eigenvalue weighted by atomic mass is 16.5. The first-order chi connectivity index (χ1) is 28.2. The maximum Gasteiger partial charge on any atom is 0.160 e. The van der Waals surface area contributed by atoms with Crippen molar-refractivity contribution < 1.29 is 4.74 Å². The minimum atomic E-state index is 0.701. The fourth-order valence-corrected chi connectivity index (χ4v) is 8.26. The van der Waals surface area contributed by atoms with Gasteiger partial charge in [0, 0.05) is 27.6 Å². The second-order valence-corrected chi connectivity index (χ2v) is 14.5. The summed E-state index contributed by atoms with van der Waals surface area (Å²) in [7, 11) is 0. The average molecular weight is 727 g/mol. The van der Waals surface area contributed by atoms with Gasteiger partial charge in [0.2, 0.25) is 0 Å². The van der Waals surface area contributed by atoms with Crippen LogP contribution in [0.5, 0.6) is 11.5 Å². The van der Waals surface area contributed by atoms with Crippen LogP contribution >= 0.6 is 0 Å². The predicted octanol–water partition coefficient (Wildman–Crippen LogP) is 14.6. The van der Waals surface area contributed by atoms with Gasteiger partial charge in [-0.25, -0.2) is 9.97 Å². The van der Waals surface area contributed by atoms with Crippen molar-refractivity contribution in [3.05, 3.63) is 206 Å². The van der Waals surface area contributed by atoms with Crippen LogP contribution in [0.3, 0.4) is 0 Å². The lowest BCUT2D eigenvalue weighted by molar-refractivity contribution is 0.487. The van der Waals surface area contributed by atoms with Crippen LogP contribution in [0.1, 0.15) is 0 Å². The van der Waals surface area contributed by atoms with Crippen molar-refractivity contribution in [1.29, 1.82) is 0 Å². The lowest BCUT2D eigenvalue weighted by Crippen LogP contribution is -1.98. The van der Waals surface area contributed by atoms with Gasteiger partial charge in [0.05, 0.1) is 11.4 Å². The molecule has 10 aromatic rings. The number of fused-ring (bicyclic) bond motifs is 3. The standard InChI is InChI=1S/C54H34N2O/c1-3-11-35(12-4-1)36-21-25-39(26-22-36)49-34-50(56-54(55-49)41-14-5-2-6-15-41)40-27-23-37(24-28-40)42-29-31-51-48(33-42)47-20-10-19-46-45(30-32-52(57-51)53(46)47)44-18-9-16-38-13-7-8-17-43(38)44/h1-34H. The van der Waals surface area contributed by atoms with Crippen LogP contribution in [-0.2, 0) is 0 Å². The molecule has 3 heteroatoms. The first kappa shape index (κ1) is 32.8. The van der Waals surface area contributed by atoms with Crippen molar-refractivity contribution in [1.82, 2.24) is 9.97 Å². The van der Waals surface area contributed by atoms with Gasteiger partial charge in [-0.05, 0) is 79.4 Å². The third-order valence-corrected chi connectivity index (χ3v) is 11.1. The van der Waals surface area contributed by atoms with E-state index >= 15 is 0 Å². The van der Waals surface area contributed by atoms with Crippen molar-refractivity contribution in [2.24, 2.45) is 0 Å². The fourth-order valence-electron chi connectivity index (χ4n) is 8.26. The maximum absolute atomic E-state index is 6.61. The smallest absolute Gasteiger partial charge is 0.160 e. The molecule has 0 unspecified atom stereocenters. The van der Waals surface area contributed by atoms with Crippen LogP contribution < -0.4 is 4.74 Å². The average Bonchev–Trinajstić information content (AvgIpc) is 3.29. The van der Waals surface area contributed by atoms with E-state index < -0.39 is 0 Å². The van der Waals surface area contributed by atoms with Gasteiger partial charge in [-0.1, -0.05) is 182 Å². The van der Waals surface area contributed by atoms with Gasteiger partial charge in [-0.2, -0.15) is 0 Å². The molecule has 1 aliphatic rings. The van der Waals surface area contributed by atoms with Gasteiger partial charge in [0.15, 0.2) is 5.82 Å². The molecule has 0 saturated carbocycles. The molecule has 0 amide bonds. The molecule has 2 heterocycles. The van der Waals surface area contributed by atoms with Crippen molar-refractivity contribution >= 4 is 21.5 Å². The normalized spacial score (nSPS) is 11.6. The lowest BCUT2D eigenvalue weighted by atomic mass is 9.88. The van der Waals surface area contributed by atoms with Crippen molar-refractivity contribution in [2.75, 3.05) is 0 Å². The third kappa shape index (κ3) is 5.85. The first-order valence-electron chi connectivity index (χ1n) is 19.3. The molecule has 266 valence electrons. The molecule has 0 radical (unpaired) electrons. The monoisotopic (exact) mass is 726 g/mol. The van der Waals surface area contributed by atoms with Gasteiger partial charge in [-0.15, -0.1) is 0 Å². The highest BCUT2D eigenvalue weighted by Crippen LogP contribution is 2.50. The summed E-state index contributed by atoms with van der Waals surface area (Å²) < 4.78 is 6.61. The van der Waals surface area contributed by atoms with E-state index in [1.165, 1.54) is 44.0 Å². The number of nitrogens with zero attached hydrogens (tertiary/aromatic N) is 2. The molecule has 9 aromatic carbocycles. The highest BCUT2D eigenvalue weighted by Gasteiger charge is 2.23. The van der Waals surface area contributed by atoms with E-state index in [1.807, 2.05) is 24.3 Å². The molecule has 0 aliphatic carbocycles. The zero-order valence-corrected chi connectivity index (χ0v) is 30.9. The van der Waals surface area contributed by atoms with E-state index in [-0.39, 0.29) is 0 Å². The van der Waals surface area contributed by atoms with Crippen LogP contribution in [0, 0.1) is 0 Å². The Labute approximate surface area is 331 Å². The molecule has 0 bridgehead atoms. The van der Waals surface area contributed by atoms with E-state index in [2.05, 4.69) is 182 Å². The molecule has 0 spiro atoms. The molecule has 0 saturated heterocycles. The van der Waals surface area contributed by atoms with Gasteiger partial charge in [0.25, 0.3) is 0 Å². The Bertz CT molecular complexity index is 3110. The molecule has 0 atom stereocenters. The zero-order chi connectivity index (χ0) is 37.7. The molecule has 1 aromatic heterocycles. The number of aromatic nitrogens is 2. The van der Waals surface area contributed by atoms with Crippen molar-refractivity contribution in [3.63, 3.8) is 0 Å². The van der Waals surface area contributed by atoms with E-state index in [9.17, 15) is 0 Å². The first-order valence-corrected chi connectivity index (χ1v) is 19.3. The summed E-state index contributed by atoms with van der Waals surface area (Å²) in [4.78, 5) is 10.1. The molecule has 0 N–H and O–H groups in total. The molecule has 1 aliphatic heterocycles. The van der Waals surface area contributed by atoms with Crippen molar-refractivity contribution in [2.45, 2.75) is 0 Å². The number of benzene rings is 9. The summed E-state index contributed by atoms with van der Waals surface area (Å²) >= 11 is 0. The largest absolute Gasteiger partial charge is 0.456 e. The Hall–Kier alpha value is -7.62. The van der Waals surface area contributed by atoms with E-state index in [0.29, 0.717) is 5.82 Å². The summed E-state index contributed by atoms with van der Waals surface area (Å²) in [5.74, 6) is 2.46. The Morgan fingerprint density at radius 1 is 0.298 bits per heavy atom. The summed E-state index contributed by atoms with van der Waals surface area (Å²) in [6, 6.07) is 72.7. The third-order valence-electron chi connectivity index (χ3n) is 11.1. The van der Waals surface area contributed by atoms with Crippen LogP contribution in [0.25, 0.3) is 100.0 Å². The molecular formula is C54H34N2O. The van der Waals surface area contributed by atoms with Gasteiger partial charge >= 0.3 is 0 Å². The predicted molar refractivity (Wildman–Crippen MR) is 235 cm³/mol. The Morgan fingerprint density at radius 3 is 1.54 bits per heavy atom. The summed E-state index contributed by atoms with van der Waals surface area (Å²) in [6.07, 6.45) is 0. The van der Waals surface area contributed by atoms with Gasteiger partial charge < -0.3 is 4.74 Å². The SMILES string of the molecule is c1ccc(-c2ccc(-c3cc(-c4ccc(-c5ccc6c(c5)-c5cccc7c(-c8cccc9ccccc89)ccc(c57)O6)cc4)nc(-c4ccccc4)n3)cc2)cc1. The Morgan fingerprint density at radius 2 is 0.807 bits per heavy atom. The number of ether oxygens (including phenoxy) is 1. The fraction of sp³-hybridized carbons (Fsp3) is 0. The van der Waals surface area contributed by atoms with Gasteiger partial charge in [0.1, 0.15) is 11.5 Å². The summed E-state index contributed by atoms with van der Waals surface area (Å²) in [6.45, 7) is 0. The summed E-state index contributed by atoms with van der Waals surface area (Å²) in [5, 5.41) is 4.81. The lowest BCUT2D eigenvalue weighted by Gasteiger charge is -2.23. The molecule has 3 nitrogen and oxygen atoms in total.